The first-order valence-electron chi connectivity index (χ1n) is 31.9. The molecule has 3 spiro atoms. The maximum absolute atomic E-state index is 13.2. The molecule has 1 N–H and O–H groups in total. The lowest BCUT2D eigenvalue weighted by atomic mass is 9.71. The molecule has 3 saturated carbocycles. The third kappa shape index (κ3) is 19.6. The molecule has 480 valence electrons. The van der Waals surface area contributed by atoms with Gasteiger partial charge in [-0.1, -0.05) is 82.7 Å². The standard InChI is InChI=1S/C14H23BO4.C14H17FO2.C14H15FO2.C12H15FO.C12H13FO.C6H4BrF/c1-12(2)13(3,4)19-15(18-12)11-5-7-14(8-6-11)16-9-10-17-14;2*15-13-3-1-2-12(10-13)11-4-6-14(7-5-11)16-8-9-17-14;2*13-11-3-1-2-10(8-11)9-4-6-12(14)7-5-9;7-5-2-1-3-6(8)4-5/h5H,6-10H2,1-4H3;1-3,10-11H,4-9H2;1-4,10H,5-9H2;1-3,8-9,12,14H,4-7H2;1-3,8-9H,4-7H2;1-4H. The summed E-state index contributed by atoms with van der Waals surface area (Å²) < 4.78 is 111. The highest BCUT2D eigenvalue weighted by molar-refractivity contribution is 9.10. The fourth-order valence-corrected chi connectivity index (χ4v) is 13.3. The van der Waals surface area contributed by atoms with Crippen molar-refractivity contribution in [3.05, 3.63) is 195 Å². The number of rotatable bonds is 5. The molecule has 89 heavy (non-hydrogen) atoms. The predicted molar refractivity (Wildman–Crippen MR) is 338 cm³/mol. The minimum absolute atomic E-state index is 0.139. The first-order chi connectivity index (χ1) is 42.7. The van der Waals surface area contributed by atoms with E-state index in [4.69, 9.17) is 37.7 Å². The number of hydrogen-bond donors (Lipinski definition) is 1. The lowest BCUT2D eigenvalue weighted by Gasteiger charge is -2.35. The van der Waals surface area contributed by atoms with Crippen molar-refractivity contribution in [3.8, 4) is 0 Å². The van der Waals surface area contributed by atoms with Crippen molar-refractivity contribution in [3.63, 3.8) is 0 Å². The van der Waals surface area contributed by atoms with Gasteiger partial charge in [0.2, 0.25) is 0 Å². The zero-order chi connectivity index (χ0) is 63.1. The van der Waals surface area contributed by atoms with E-state index in [0.717, 1.165) is 129 Å². The van der Waals surface area contributed by atoms with E-state index in [1.165, 1.54) is 47.4 Å². The molecule has 17 heteroatoms. The molecular weight excluding hydrogens is 1210 g/mol. The predicted octanol–water partition coefficient (Wildman–Crippen LogP) is 17.3. The Morgan fingerprint density at radius 3 is 1.26 bits per heavy atom. The molecule has 7 fully saturated rings. The van der Waals surface area contributed by atoms with Gasteiger partial charge >= 0.3 is 7.12 Å². The minimum Gasteiger partial charge on any atom is -0.400 e. The maximum Gasteiger partial charge on any atom is 0.490 e. The van der Waals surface area contributed by atoms with Crippen LogP contribution < -0.4 is 0 Å². The van der Waals surface area contributed by atoms with Crippen molar-refractivity contribution >= 4 is 34.4 Å². The number of Topliss-reactive ketones (excluding diaryl/α,β-unsaturated/α-hetero) is 1. The Labute approximate surface area is 531 Å². The summed E-state index contributed by atoms with van der Waals surface area (Å²) in [5, 5.41) is 9.35. The fraction of sp³-hybridized carbons (Fsp3) is 0.514. The van der Waals surface area contributed by atoms with E-state index in [9.17, 15) is 31.9 Å². The zero-order valence-electron chi connectivity index (χ0n) is 51.9. The van der Waals surface area contributed by atoms with Crippen molar-refractivity contribution in [1.29, 1.82) is 0 Å². The van der Waals surface area contributed by atoms with Gasteiger partial charge in [0.25, 0.3) is 0 Å². The second-order valence-electron chi connectivity index (χ2n) is 25.5. The molecule has 0 aromatic heterocycles. The molecule has 4 aliphatic heterocycles. The average Bonchev–Trinajstić information content (AvgIpc) is 2.39. The number of halogens is 6. The van der Waals surface area contributed by atoms with Crippen LogP contribution in [0.25, 0.3) is 5.57 Å². The average molecular weight is 1300 g/mol. The third-order valence-electron chi connectivity index (χ3n) is 18.8. The van der Waals surface area contributed by atoms with Gasteiger partial charge < -0.3 is 42.8 Å². The summed E-state index contributed by atoms with van der Waals surface area (Å²) in [6.07, 6.45) is 19.9. The van der Waals surface area contributed by atoms with Crippen LogP contribution in [0.1, 0.15) is 183 Å². The van der Waals surface area contributed by atoms with Crippen LogP contribution in [-0.2, 0) is 42.5 Å². The number of carbonyl (C=O) groups excluding carboxylic acids is 1. The summed E-state index contributed by atoms with van der Waals surface area (Å²) in [6.45, 7) is 12.5. The molecule has 4 saturated heterocycles. The highest BCUT2D eigenvalue weighted by atomic mass is 79.9. The Kier molecular flexibility index (Phi) is 24.3. The molecule has 0 bridgehead atoms. The lowest BCUT2D eigenvalue weighted by Crippen LogP contribution is -2.41. The summed E-state index contributed by atoms with van der Waals surface area (Å²) in [7, 11) is -0.219. The van der Waals surface area contributed by atoms with E-state index >= 15 is 0 Å². The number of aliphatic hydroxyl groups excluding tert-OH is 1. The Bertz CT molecular complexity index is 3100. The SMILES string of the molecule is CC1(C)OB(C2=CCC3(CC2)OCCO3)OC1(C)C.Fc1cccc(Br)c1.Fc1cccc(C2=CCC3(CC2)OCCO3)c1.Fc1cccc(C2CCC3(CC2)OCCO3)c1.O=C1CCC(c2cccc(F)c2)CC1.OC1CCC(c2cccc(F)c2)CC1. The van der Waals surface area contributed by atoms with Crippen LogP contribution in [-0.4, -0.2) is 92.3 Å². The van der Waals surface area contributed by atoms with Crippen molar-refractivity contribution in [2.45, 2.75) is 196 Å². The summed E-state index contributed by atoms with van der Waals surface area (Å²) in [5.74, 6) is -0.340. The second-order valence-corrected chi connectivity index (χ2v) is 26.5. The fourth-order valence-electron chi connectivity index (χ4n) is 12.9. The summed E-state index contributed by atoms with van der Waals surface area (Å²) in [6, 6.07) is 33.5. The van der Waals surface area contributed by atoms with Gasteiger partial charge in [-0.2, -0.15) is 0 Å². The van der Waals surface area contributed by atoms with Crippen LogP contribution in [0.4, 0.5) is 22.0 Å². The Hall–Kier alpha value is -4.92. The number of ketones is 1. The molecule has 0 amide bonds. The Balaban J connectivity index is 0.000000129. The van der Waals surface area contributed by atoms with E-state index < -0.39 is 5.79 Å². The molecule has 9 aliphatic rings. The Morgan fingerprint density at radius 2 is 0.854 bits per heavy atom. The van der Waals surface area contributed by atoms with E-state index in [-0.39, 0.29) is 65.1 Å². The smallest absolute Gasteiger partial charge is 0.400 e. The van der Waals surface area contributed by atoms with E-state index in [2.05, 4.69) is 55.8 Å². The molecule has 0 radical (unpaired) electrons. The van der Waals surface area contributed by atoms with Gasteiger partial charge in [-0.05, 0) is 210 Å². The highest BCUT2D eigenvalue weighted by Gasteiger charge is 2.53. The number of allylic oxidation sites excluding steroid dienone is 2. The van der Waals surface area contributed by atoms with Gasteiger partial charge in [0.15, 0.2) is 17.4 Å². The molecule has 0 unspecified atom stereocenters. The highest BCUT2D eigenvalue weighted by Crippen LogP contribution is 2.45. The van der Waals surface area contributed by atoms with Crippen molar-refractivity contribution in [2.24, 2.45) is 0 Å². The number of hydrogen-bond acceptors (Lipinski definition) is 10. The van der Waals surface area contributed by atoms with Crippen LogP contribution >= 0.6 is 15.9 Å². The molecular formula is C72H87BBrF5O10. The largest absolute Gasteiger partial charge is 0.490 e. The van der Waals surface area contributed by atoms with Gasteiger partial charge in [0, 0.05) is 55.8 Å². The number of carbonyl (C=O) groups is 1. The van der Waals surface area contributed by atoms with Gasteiger partial charge in [-0.25, -0.2) is 22.0 Å². The molecule has 0 atom stereocenters. The normalized spacial score (nSPS) is 23.9. The van der Waals surface area contributed by atoms with Crippen LogP contribution in [0.3, 0.4) is 0 Å². The number of benzene rings is 5. The topological polar surface area (TPSA) is 111 Å². The van der Waals surface area contributed by atoms with Crippen molar-refractivity contribution in [2.75, 3.05) is 39.6 Å². The van der Waals surface area contributed by atoms with Crippen molar-refractivity contribution < 1.29 is 69.6 Å². The van der Waals surface area contributed by atoms with Gasteiger partial charge in [0.1, 0.15) is 34.9 Å². The zero-order valence-corrected chi connectivity index (χ0v) is 53.5. The lowest BCUT2D eigenvalue weighted by molar-refractivity contribution is -0.178. The first-order valence-corrected chi connectivity index (χ1v) is 32.7. The quantitative estimate of drug-likeness (QED) is 0.135. The molecule has 4 heterocycles. The van der Waals surface area contributed by atoms with E-state index in [0.29, 0.717) is 76.0 Å². The van der Waals surface area contributed by atoms with E-state index in [1.807, 2.05) is 24.3 Å². The Morgan fingerprint density at radius 1 is 0.449 bits per heavy atom. The first kappa shape index (κ1) is 68.5. The van der Waals surface area contributed by atoms with E-state index in [1.54, 1.807) is 60.7 Å². The molecule has 5 aliphatic carbocycles. The van der Waals surface area contributed by atoms with Gasteiger partial charge in [0.05, 0.1) is 56.9 Å². The summed E-state index contributed by atoms with van der Waals surface area (Å²) in [5.41, 5.74) is 6.07. The monoisotopic (exact) mass is 1300 g/mol. The van der Waals surface area contributed by atoms with Crippen LogP contribution in [0.2, 0.25) is 0 Å². The third-order valence-corrected chi connectivity index (χ3v) is 19.3. The van der Waals surface area contributed by atoms with Gasteiger partial charge in [-0.15, -0.1) is 0 Å². The van der Waals surface area contributed by atoms with Crippen LogP contribution in [0.5, 0.6) is 0 Å². The van der Waals surface area contributed by atoms with Crippen LogP contribution in [0, 0.1) is 29.1 Å². The maximum atomic E-state index is 13.2. The van der Waals surface area contributed by atoms with Gasteiger partial charge in [-0.3, -0.25) is 4.79 Å². The minimum atomic E-state index is -0.392. The number of ether oxygens (including phenoxy) is 6. The molecule has 5 aromatic rings. The summed E-state index contributed by atoms with van der Waals surface area (Å²) in [4.78, 5) is 11.0. The van der Waals surface area contributed by atoms with Crippen LogP contribution in [0.15, 0.2) is 143 Å². The summed E-state index contributed by atoms with van der Waals surface area (Å²) >= 11 is 3.12. The van der Waals surface area contributed by atoms with Crippen molar-refractivity contribution in [1.82, 2.24) is 0 Å². The molecule has 5 aromatic carbocycles. The molecule has 14 rings (SSSR count). The second kappa shape index (κ2) is 31.6. The number of aliphatic hydroxyl groups is 1. The molecule has 10 nitrogen and oxygen atoms in total.